The summed E-state index contributed by atoms with van der Waals surface area (Å²) in [5.74, 6) is 1.12. The number of likely N-dealkylation sites (tertiary alicyclic amines) is 1. The van der Waals surface area contributed by atoms with Crippen LogP contribution in [0, 0.1) is 0 Å². The molecule has 0 bridgehead atoms. The summed E-state index contributed by atoms with van der Waals surface area (Å²) >= 11 is 6.05. The second kappa shape index (κ2) is 7.16. The highest BCUT2D eigenvalue weighted by Crippen LogP contribution is 2.39. The summed E-state index contributed by atoms with van der Waals surface area (Å²) in [4.78, 5) is 34.5. The summed E-state index contributed by atoms with van der Waals surface area (Å²) in [5.41, 5.74) is 2.78. The fourth-order valence-electron chi connectivity index (χ4n) is 4.50. The van der Waals surface area contributed by atoms with E-state index in [9.17, 15) is 4.79 Å². The predicted molar refractivity (Wildman–Crippen MR) is 116 cm³/mol. The molecule has 2 aromatic heterocycles. The van der Waals surface area contributed by atoms with Crippen LogP contribution in [0.3, 0.4) is 0 Å². The number of hydrogen-bond donors (Lipinski definition) is 0. The second-order valence-electron chi connectivity index (χ2n) is 8.52. The van der Waals surface area contributed by atoms with Gasteiger partial charge in [-0.3, -0.25) is 14.8 Å². The van der Waals surface area contributed by atoms with Gasteiger partial charge in [0, 0.05) is 73.4 Å². The Morgan fingerprint density at radius 2 is 2.00 bits per heavy atom. The third-order valence-corrected chi connectivity index (χ3v) is 6.53. The van der Waals surface area contributed by atoms with E-state index in [-0.39, 0.29) is 17.2 Å². The van der Waals surface area contributed by atoms with E-state index in [4.69, 9.17) is 21.6 Å². The minimum Gasteiger partial charge on any atom is -0.342 e. The molecule has 0 radical (unpaired) electrons. The SMILES string of the molecule is CC(=O)N1CC[C@@](C)(c2nccnc2C2CN(c3ncc4cc(Cl)ccc4n3)C2)C1. The number of benzene rings is 1. The summed E-state index contributed by atoms with van der Waals surface area (Å²) in [5, 5.41) is 1.62. The van der Waals surface area contributed by atoms with Crippen LogP contribution in [-0.4, -0.2) is 56.9 Å². The normalized spacial score (nSPS) is 21.8. The first kappa shape index (κ1) is 19.2. The monoisotopic (exact) mass is 422 g/mol. The molecular weight excluding hydrogens is 400 g/mol. The summed E-state index contributed by atoms with van der Waals surface area (Å²) < 4.78 is 0. The lowest BCUT2D eigenvalue weighted by atomic mass is 9.80. The fourth-order valence-corrected chi connectivity index (χ4v) is 4.68. The van der Waals surface area contributed by atoms with Crippen LogP contribution in [0.4, 0.5) is 5.95 Å². The molecule has 0 N–H and O–H groups in total. The maximum absolute atomic E-state index is 11.8. The third kappa shape index (κ3) is 3.27. The van der Waals surface area contributed by atoms with Crippen molar-refractivity contribution in [1.82, 2.24) is 24.8 Å². The Morgan fingerprint density at radius 1 is 1.20 bits per heavy atom. The Bertz CT molecular complexity index is 1130. The van der Waals surface area contributed by atoms with Crippen molar-refractivity contribution in [3.05, 3.63) is 53.2 Å². The van der Waals surface area contributed by atoms with Gasteiger partial charge in [-0.05, 0) is 24.6 Å². The summed E-state index contributed by atoms with van der Waals surface area (Å²) in [6, 6.07) is 5.64. The van der Waals surface area contributed by atoms with E-state index in [2.05, 4.69) is 21.8 Å². The van der Waals surface area contributed by atoms with E-state index >= 15 is 0 Å². The molecule has 7 nitrogen and oxygen atoms in total. The standard InChI is InChI=1S/C22H23ClN6O/c1-14(30)28-8-5-22(2,13-28)20-19(24-6-7-25-20)16-11-29(12-16)21-26-10-15-9-17(23)3-4-18(15)27-21/h3-4,6-7,9-10,16H,5,8,11-13H2,1-2H3/t22-/m1/s1. The molecule has 2 saturated heterocycles. The smallest absolute Gasteiger partial charge is 0.225 e. The van der Waals surface area contributed by atoms with Gasteiger partial charge in [-0.1, -0.05) is 18.5 Å². The minimum atomic E-state index is -0.158. The molecule has 0 spiro atoms. The Kier molecular flexibility index (Phi) is 4.58. The largest absolute Gasteiger partial charge is 0.342 e. The zero-order chi connectivity index (χ0) is 20.9. The van der Waals surface area contributed by atoms with Crippen LogP contribution in [0.2, 0.25) is 5.02 Å². The lowest BCUT2D eigenvalue weighted by Gasteiger charge is -2.40. The number of carbonyl (C=O) groups is 1. The van der Waals surface area contributed by atoms with E-state index in [0.717, 1.165) is 54.3 Å². The molecule has 0 unspecified atom stereocenters. The number of aromatic nitrogens is 4. The molecule has 1 amide bonds. The van der Waals surface area contributed by atoms with Crippen LogP contribution in [0.25, 0.3) is 10.9 Å². The van der Waals surface area contributed by atoms with Crippen LogP contribution in [0.1, 0.15) is 37.6 Å². The van der Waals surface area contributed by atoms with Crippen LogP contribution >= 0.6 is 11.6 Å². The number of halogens is 1. The molecule has 8 heteroatoms. The van der Waals surface area contributed by atoms with Crippen molar-refractivity contribution in [3.8, 4) is 0 Å². The molecule has 0 aliphatic carbocycles. The van der Waals surface area contributed by atoms with Crippen LogP contribution < -0.4 is 4.90 Å². The average molecular weight is 423 g/mol. The predicted octanol–water partition coefficient (Wildman–Crippen LogP) is 3.19. The third-order valence-electron chi connectivity index (χ3n) is 6.30. The van der Waals surface area contributed by atoms with Gasteiger partial charge in [0.1, 0.15) is 0 Å². The number of fused-ring (bicyclic) bond motifs is 1. The fraction of sp³-hybridized carbons (Fsp3) is 0.409. The van der Waals surface area contributed by atoms with E-state index in [1.807, 2.05) is 29.3 Å². The zero-order valence-electron chi connectivity index (χ0n) is 17.0. The first-order valence-corrected chi connectivity index (χ1v) is 10.5. The van der Waals surface area contributed by atoms with Gasteiger partial charge in [-0.2, -0.15) is 0 Å². The molecular formula is C22H23ClN6O. The van der Waals surface area contributed by atoms with Crippen LogP contribution in [0.15, 0.2) is 36.8 Å². The number of rotatable bonds is 3. The van der Waals surface area contributed by atoms with Gasteiger partial charge in [-0.15, -0.1) is 0 Å². The van der Waals surface area contributed by atoms with Crippen molar-refractivity contribution >= 4 is 34.4 Å². The lowest BCUT2D eigenvalue weighted by Crippen LogP contribution is -2.47. The Hall–Kier alpha value is -2.80. The van der Waals surface area contributed by atoms with Crippen molar-refractivity contribution in [2.45, 2.75) is 31.6 Å². The molecule has 2 fully saturated rings. The van der Waals surface area contributed by atoms with Crippen molar-refractivity contribution in [2.24, 2.45) is 0 Å². The molecule has 1 aromatic carbocycles. The van der Waals surface area contributed by atoms with Crippen molar-refractivity contribution < 1.29 is 4.79 Å². The van der Waals surface area contributed by atoms with Crippen molar-refractivity contribution in [3.63, 3.8) is 0 Å². The van der Waals surface area contributed by atoms with Crippen molar-refractivity contribution in [1.29, 1.82) is 0 Å². The Balaban J connectivity index is 1.36. The quantitative estimate of drug-likeness (QED) is 0.645. The highest BCUT2D eigenvalue weighted by atomic mass is 35.5. The first-order chi connectivity index (χ1) is 14.4. The minimum absolute atomic E-state index is 0.119. The van der Waals surface area contributed by atoms with Crippen LogP contribution in [-0.2, 0) is 10.2 Å². The molecule has 154 valence electrons. The number of carbonyl (C=O) groups excluding carboxylic acids is 1. The molecule has 2 aliphatic heterocycles. The van der Waals surface area contributed by atoms with Crippen LogP contribution in [0.5, 0.6) is 0 Å². The second-order valence-corrected chi connectivity index (χ2v) is 8.95. The molecule has 3 aromatic rings. The maximum atomic E-state index is 11.8. The summed E-state index contributed by atoms with van der Waals surface area (Å²) in [7, 11) is 0. The van der Waals surface area contributed by atoms with Gasteiger partial charge in [0.15, 0.2) is 0 Å². The van der Waals surface area contributed by atoms with E-state index < -0.39 is 0 Å². The molecule has 30 heavy (non-hydrogen) atoms. The van der Waals surface area contributed by atoms with Gasteiger partial charge in [0.05, 0.1) is 16.9 Å². The highest BCUT2D eigenvalue weighted by Gasteiger charge is 2.42. The molecule has 1 atom stereocenters. The highest BCUT2D eigenvalue weighted by molar-refractivity contribution is 6.31. The van der Waals surface area contributed by atoms with Gasteiger partial charge in [0.25, 0.3) is 0 Å². The van der Waals surface area contributed by atoms with E-state index in [1.165, 1.54) is 0 Å². The van der Waals surface area contributed by atoms with Gasteiger partial charge in [-0.25, -0.2) is 9.97 Å². The number of amides is 1. The number of hydrogen-bond acceptors (Lipinski definition) is 6. The van der Waals surface area contributed by atoms with E-state index in [1.54, 1.807) is 19.3 Å². The molecule has 2 aliphatic rings. The molecule has 0 saturated carbocycles. The van der Waals surface area contributed by atoms with Crippen molar-refractivity contribution in [2.75, 3.05) is 31.1 Å². The topological polar surface area (TPSA) is 75.1 Å². The zero-order valence-corrected chi connectivity index (χ0v) is 17.8. The lowest BCUT2D eigenvalue weighted by molar-refractivity contribution is -0.127. The maximum Gasteiger partial charge on any atom is 0.225 e. The van der Waals surface area contributed by atoms with Gasteiger partial charge in [0.2, 0.25) is 11.9 Å². The number of nitrogens with zero attached hydrogens (tertiary/aromatic N) is 6. The Labute approximate surface area is 180 Å². The summed E-state index contributed by atoms with van der Waals surface area (Å²) in [6.07, 6.45) is 6.25. The summed E-state index contributed by atoms with van der Waals surface area (Å²) in [6.45, 7) is 6.89. The first-order valence-electron chi connectivity index (χ1n) is 10.2. The van der Waals surface area contributed by atoms with E-state index in [0.29, 0.717) is 11.6 Å². The van der Waals surface area contributed by atoms with Gasteiger partial charge < -0.3 is 9.80 Å². The molecule has 4 heterocycles. The average Bonchev–Trinajstić information content (AvgIpc) is 3.11. The number of anilines is 1. The molecule has 5 rings (SSSR count). The van der Waals surface area contributed by atoms with Gasteiger partial charge >= 0.3 is 0 Å². The Morgan fingerprint density at radius 3 is 2.77 bits per heavy atom.